The second kappa shape index (κ2) is 14.7. The van der Waals surface area contributed by atoms with Gasteiger partial charge in [0.2, 0.25) is 5.95 Å². The lowest BCUT2D eigenvalue weighted by Gasteiger charge is -2.19. The summed E-state index contributed by atoms with van der Waals surface area (Å²) in [5.41, 5.74) is 11.6. The second-order valence-electron chi connectivity index (χ2n) is 11.0. The van der Waals surface area contributed by atoms with E-state index in [4.69, 9.17) is 15.3 Å². The number of rotatable bonds is 12. The number of hydrogen-bond acceptors (Lipinski definition) is 6. The highest BCUT2D eigenvalue weighted by molar-refractivity contribution is 6.04. The number of anilines is 2. The Hall–Kier alpha value is -5.15. The lowest BCUT2D eigenvalue weighted by atomic mass is 10.0. The predicted octanol–water partition coefficient (Wildman–Crippen LogP) is 7.95. The van der Waals surface area contributed by atoms with Crippen LogP contribution in [0.1, 0.15) is 62.5 Å². The third kappa shape index (κ3) is 9.44. The number of amides is 2. The van der Waals surface area contributed by atoms with E-state index in [-0.39, 0.29) is 5.91 Å². The normalized spacial score (nSPS) is 11.0. The van der Waals surface area contributed by atoms with Crippen molar-refractivity contribution < 1.29 is 14.3 Å². The fraction of sp³-hybridized carbons (Fsp3) is 0.312. The molecule has 11 heteroatoms. The van der Waals surface area contributed by atoms with Crippen LogP contribution in [0.2, 0.25) is 0 Å². The summed E-state index contributed by atoms with van der Waals surface area (Å²) in [5.74, 6) is 0.521. The number of nitrogens with zero attached hydrogens (tertiary/aromatic N) is 6. The number of benzene rings is 2. The summed E-state index contributed by atoms with van der Waals surface area (Å²) >= 11 is 0. The molecule has 0 saturated carbocycles. The van der Waals surface area contributed by atoms with Gasteiger partial charge in [0.1, 0.15) is 11.4 Å². The molecule has 43 heavy (non-hydrogen) atoms. The van der Waals surface area contributed by atoms with Crippen LogP contribution in [0.25, 0.3) is 27.3 Å². The van der Waals surface area contributed by atoms with Crippen LogP contribution in [0, 0.1) is 0 Å². The standard InChI is InChI=1S/C32H36N8O3/c1-32(2,3)43-31(42)37-28-18-17-25(21-34-28)23-12-11-13-24(20-23)29(41)38-30-36-26(14-7-4-5-10-19-35-39-33)22-40(30)27-15-8-6-9-16-27/h6,8-9,11-13,15-18,20-22H,4-5,7,10,14,19H2,1-3H3,(H,34,37,42)(H,36,38,41). The minimum absolute atomic E-state index is 0.287. The van der Waals surface area contributed by atoms with Gasteiger partial charge >= 0.3 is 6.09 Å². The maximum Gasteiger partial charge on any atom is 0.413 e. The number of aryl methyl sites for hydroxylation is 1. The Morgan fingerprint density at radius 1 is 0.953 bits per heavy atom. The molecule has 0 atom stereocenters. The first-order valence-electron chi connectivity index (χ1n) is 14.2. The zero-order chi connectivity index (χ0) is 30.7. The van der Waals surface area contributed by atoms with Gasteiger partial charge < -0.3 is 4.74 Å². The third-order valence-corrected chi connectivity index (χ3v) is 6.37. The maximum atomic E-state index is 13.4. The molecule has 222 valence electrons. The van der Waals surface area contributed by atoms with E-state index in [9.17, 15) is 9.59 Å². The van der Waals surface area contributed by atoms with E-state index < -0.39 is 11.7 Å². The number of azide groups is 1. The number of aromatic nitrogens is 3. The van der Waals surface area contributed by atoms with Crippen molar-refractivity contribution in [3.05, 3.63) is 101 Å². The highest BCUT2D eigenvalue weighted by Gasteiger charge is 2.17. The van der Waals surface area contributed by atoms with Crippen LogP contribution in [0.15, 0.2) is 84.2 Å². The van der Waals surface area contributed by atoms with Crippen LogP contribution in [0.4, 0.5) is 16.6 Å². The quantitative estimate of drug-likeness (QED) is 0.0755. The number of para-hydroxylation sites is 1. The van der Waals surface area contributed by atoms with Crippen molar-refractivity contribution >= 4 is 23.8 Å². The Morgan fingerprint density at radius 2 is 1.74 bits per heavy atom. The van der Waals surface area contributed by atoms with Gasteiger partial charge in [0.05, 0.1) is 5.69 Å². The molecule has 0 fully saturated rings. The first-order chi connectivity index (χ1) is 20.7. The maximum absolute atomic E-state index is 13.4. The number of imidazole rings is 1. The molecule has 2 N–H and O–H groups in total. The van der Waals surface area contributed by atoms with Crippen molar-refractivity contribution in [1.29, 1.82) is 0 Å². The molecule has 0 spiro atoms. The molecule has 11 nitrogen and oxygen atoms in total. The Morgan fingerprint density at radius 3 is 2.47 bits per heavy atom. The lowest BCUT2D eigenvalue weighted by molar-refractivity contribution is 0.0635. The van der Waals surface area contributed by atoms with Gasteiger partial charge in [-0.1, -0.05) is 48.3 Å². The van der Waals surface area contributed by atoms with Gasteiger partial charge in [0.15, 0.2) is 0 Å². The molecule has 2 heterocycles. The van der Waals surface area contributed by atoms with Crippen LogP contribution in [-0.2, 0) is 11.2 Å². The largest absolute Gasteiger partial charge is 0.444 e. The number of carbonyl (C=O) groups is 2. The third-order valence-electron chi connectivity index (χ3n) is 6.37. The monoisotopic (exact) mass is 580 g/mol. The summed E-state index contributed by atoms with van der Waals surface area (Å²) in [6.45, 7) is 5.89. The van der Waals surface area contributed by atoms with Gasteiger partial charge in [-0.3, -0.25) is 20.0 Å². The molecular formula is C32H36N8O3. The Labute approximate surface area is 251 Å². The fourth-order valence-corrected chi connectivity index (χ4v) is 4.37. The molecule has 4 rings (SSSR count). The highest BCUT2D eigenvalue weighted by Crippen LogP contribution is 2.23. The number of carbonyl (C=O) groups excluding carboxylic acids is 2. The van der Waals surface area contributed by atoms with Crippen LogP contribution in [0.3, 0.4) is 0 Å². The van der Waals surface area contributed by atoms with Crippen molar-refractivity contribution in [3.8, 4) is 16.8 Å². The Kier molecular flexibility index (Phi) is 10.5. The minimum Gasteiger partial charge on any atom is -0.444 e. The minimum atomic E-state index is -0.611. The molecule has 0 aliphatic rings. The first kappa shape index (κ1) is 30.8. The van der Waals surface area contributed by atoms with Crippen LogP contribution < -0.4 is 10.6 Å². The fourth-order valence-electron chi connectivity index (χ4n) is 4.37. The summed E-state index contributed by atoms with van der Waals surface area (Å²) in [7, 11) is 0. The van der Waals surface area contributed by atoms with E-state index >= 15 is 0 Å². The lowest BCUT2D eigenvalue weighted by Crippen LogP contribution is -2.27. The molecular weight excluding hydrogens is 544 g/mol. The van der Waals surface area contributed by atoms with Gasteiger partial charge in [-0.25, -0.2) is 14.8 Å². The summed E-state index contributed by atoms with van der Waals surface area (Å²) in [6.07, 6.45) is 7.58. The number of pyridine rings is 1. The highest BCUT2D eigenvalue weighted by atomic mass is 16.6. The smallest absolute Gasteiger partial charge is 0.413 e. The second-order valence-corrected chi connectivity index (χ2v) is 11.0. The summed E-state index contributed by atoms with van der Waals surface area (Å²) in [6, 6.07) is 20.5. The zero-order valence-electron chi connectivity index (χ0n) is 24.7. The van der Waals surface area contributed by atoms with E-state index in [2.05, 4.69) is 25.6 Å². The van der Waals surface area contributed by atoms with E-state index in [0.29, 0.717) is 23.9 Å². The predicted molar refractivity (Wildman–Crippen MR) is 167 cm³/mol. The molecule has 0 radical (unpaired) electrons. The topological polar surface area (TPSA) is 147 Å². The van der Waals surface area contributed by atoms with Crippen molar-refractivity contribution in [2.24, 2.45) is 5.11 Å². The van der Waals surface area contributed by atoms with Gasteiger partial charge in [-0.15, -0.1) is 0 Å². The van der Waals surface area contributed by atoms with Crippen LogP contribution >= 0.6 is 0 Å². The van der Waals surface area contributed by atoms with Gasteiger partial charge in [-0.2, -0.15) is 0 Å². The van der Waals surface area contributed by atoms with Crippen LogP contribution in [-0.4, -0.2) is 38.7 Å². The summed E-state index contributed by atoms with van der Waals surface area (Å²) in [4.78, 5) is 37.3. The summed E-state index contributed by atoms with van der Waals surface area (Å²) < 4.78 is 7.16. The molecule has 0 bridgehead atoms. The SMILES string of the molecule is CC(C)(C)OC(=O)Nc1ccc(-c2cccc(C(=O)Nc3nc(CCCCCCN=[N+]=[N-])cn3-c3ccccc3)c2)cn1. The number of nitrogens with one attached hydrogen (secondary N) is 2. The van der Waals surface area contributed by atoms with Gasteiger partial charge in [0, 0.05) is 40.7 Å². The molecule has 0 aliphatic carbocycles. The first-order valence-corrected chi connectivity index (χ1v) is 14.2. The number of hydrogen-bond donors (Lipinski definition) is 2. The van der Waals surface area contributed by atoms with Crippen molar-refractivity contribution in [1.82, 2.24) is 14.5 Å². The molecule has 0 saturated heterocycles. The molecule has 0 unspecified atom stereocenters. The molecule has 0 aliphatic heterocycles. The van der Waals surface area contributed by atoms with E-state index in [1.807, 2.05) is 59.3 Å². The Balaban J connectivity index is 1.45. The van der Waals surface area contributed by atoms with Crippen molar-refractivity contribution in [2.45, 2.75) is 58.5 Å². The molecule has 2 aromatic heterocycles. The molecule has 2 amide bonds. The number of unbranched alkanes of at least 4 members (excludes halogenated alkanes) is 3. The average Bonchev–Trinajstić information content (AvgIpc) is 3.39. The molecule has 2 aromatic carbocycles. The van der Waals surface area contributed by atoms with Gasteiger partial charge in [-0.05, 0) is 87.5 Å². The van der Waals surface area contributed by atoms with E-state index in [0.717, 1.165) is 54.6 Å². The average molecular weight is 581 g/mol. The Bertz CT molecular complexity index is 1570. The van der Waals surface area contributed by atoms with Crippen molar-refractivity contribution in [2.75, 3.05) is 17.2 Å². The van der Waals surface area contributed by atoms with E-state index in [1.165, 1.54) is 0 Å². The molecule has 4 aromatic rings. The number of ether oxygens (including phenoxy) is 1. The zero-order valence-corrected chi connectivity index (χ0v) is 24.7. The summed E-state index contributed by atoms with van der Waals surface area (Å²) in [5, 5.41) is 9.18. The van der Waals surface area contributed by atoms with Crippen molar-refractivity contribution in [3.63, 3.8) is 0 Å². The van der Waals surface area contributed by atoms with Crippen LogP contribution in [0.5, 0.6) is 0 Å². The van der Waals surface area contributed by atoms with Gasteiger partial charge in [0.25, 0.3) is 5.91 Å². The van der Waals surface area contributed by atoms with E-state index in [1.54, 1.807) is 45.2 Å².